The molecular formula is C62H123N3O3. The third-order valence-corrected chi connectivity index (χ3v) is 15.7. The van der Waals surface area contributed by atoms with E-state index in [9.17, 15) is 14.7 Å². The molecule has 0 unspecified atom stereocenters. The highest BCUT2D eigenvalue weighted by Gasteiger charge is 2.34. The molecule has 68 heavy (non-hydrogen) atoms. The fourth-order valence-electron chi connectivity index (χ4n) is 10.6. The van der Waals surface area contributed by atoms with E-state index in [2.05, 4.69) is 42.4 Å². The fraction of sp³-hybridized carbons (Fsp3) is 0.968. The predicted molar refractivity (Wildman–Crippen MR) is 299 cm³/mol. The summed E-state index contributed by atoms with van der Waals surface area (Å²) in [5, 5.41) is 10.9. The maximum Gasteiger partial charge on any atom is 0.222 e. The summed E-state index contributed by atoms with van der Waals surface area (Å²) in [6.07, 6.45) is 59.4. The number of hydrogen-bond donors (Lipinski definition) is 1. The molecule has 404 valence electrons. The van der Waals surface area contributed by atoms with Gasteiger partial charge in [0.1, 0.15) is 0 Å². The van der Waals surface area contributed by atoms with Crippen LogP contribution in [-0.4, -0.2) is 83.0 Å². The van der Waals surface area contributed by atoms with Crippen LogP contribution in [0.2, 0.25) is 0 Å². The SMILES string of the molecule is CCCCCCCCCCN(CCCCCCCCCC)C(=O)CCCCCCCN(CCCCCCCC(=O)N(CCCCCCCCCC)CCCCCCCCCC)CCC1(O)CCC1. The van der Waals surface area contributed by atoms with E-state index in [-0.39, 0.29) is 0 Å². The van der Waals surface area contributed by atoms with Crippen molar-refractivity contribution in [3.63, 3.8) is 0 Å². The number of hydrogen-bond acceptors (Lipinski definition) is 4. The summed E-state index contributed by atoms with van der Waals surface area (Å²) >= 11 is 0. The zero-order valence-corrected chi connectivity index (χ0v) is 47.0. The van der Waals surface area contributed by atoms with Crippen molar-refractivity contribution >= 4 is 11.8 Å². The summed E-state index contributed by atoms with van der Waals surface area (Å²) in [5.41, 5.74) is -0.413. The first-order valence-electron chi connectivity index (χ1n) is 31.4. The molecule has 1 rings (SSSR count). The molecule has 0 atom stereocenters. The first kappa shape index (κ1) is 64.9. The first-order chi connectivity index (χ1) is 33.4. The van der Waals surface area contributed by atoms with Crippen molar-refractivity contribution in [3.8, 4) is 0 Å². The molecule has 0 radical (unpaired) electrons. The average Bonchev–Trinajstić information content (AvgIpc) is 3.33. The van der Waals surface area contributed by atoms with E-state index in [0.29, 0.717) is 11.8 Å². The van der Waals surface area contributed by atoms with Crippen LogP contribution in [0.1, 0.15) is 336 Å². The zero-order chi connectivity index (χ0) is 49.3. The third-order valence-electron chi connectivity index (χ3n) is 15.7. The number of rotatable bonds is 55. The molecule has 2 amide bonds. The van der Waals surface area contributed by atoms with Gasteiger partial charge in [-0.2, -0.15) is 0 Å². The van der Waals surface area contributed by atoms with Gasteiger partial charge in [0, 0.05) is 45.6 Å². The fourth-order valence-corrected chi connectivity index (χ4v) is 10.6. The Morgan fingerprint density at radius 2 is 0.559 bits per heavy atom. The Morgan fingerprint density at radius 1 is 0.324 bits per heavy atom. The van der Waals surface area contributed by atoms with E-state index in [1.807, 2.05) is 0 Å². The lowest BCUT2D eigenvalue weighted by molar-refractivity contribution is -0.132. The lowest BCUT2D eigenvalue weighted by atomic mass is 9.78. The number of carbonyl (C=O) groups excluding carboxylic acids is 2. The van der Waals surface area contributed by atoms with E-state index in [1.54, 1.807) is 0 Å². The van der Waals surface area contributed by atoms with E-state index >= 15 is 0 Å². The smallest absolute Gasteiger partial charge is 0.222 e. The largest absolute Gasteiger partial charge is 0.390 e. The van der Waals surface area contributed by atoms with Gasteiger partial charge in [0.15, 0.2) is 0 Å². The van der Waals surface area contributed by atoms with Gasteiger partial charge < -0.3 is 19.8 Å². The summed E-state index contributed by atoms with van der Waals surface area (Å²) in [7, 11) is 0. The Morgan fingerprint density at radius 3 is 0.809 bits per heavy atom. The van der Waals surface area contributed by atoms with Crippen LogP contribution in [-0.2, 0) is 9.59 Å². The molecule has 1 aliphatic rings. The molecule has 0 aromatic rings. The van der Waals surface area contributed by atoms with Crippen LogP contribution in [0.25, 0.3) is 0 Å². The van der Waals surface area contributed by atoms with Crippen LogP contribution in [0.5, 0.6) is 0 Å². The molecule has 1 fully saturated rings. The topological polar surface area (TPSA) is 64.1 Å². The summed E-state index contributed by atoms with van der Waals surface area (Å²) in [4.78, 5) is 34.1. The minimum atomic E-state index is -0.413. The Bertz CT molecular complexity index is 954. The minimum Gasteiger partial charge on any atom is -0.390 e. The van der Waals surface area contributed by atoms with Crippen LogP contribution in [0.3, 0.4) is 0 Å². The van der Waals surface area contributed by atoms with Crippen LogP contribution >= 0.6 is 0 Å². The second kappa shape index (κ2) is 49.4. The second-order valence-corrected chi connectivity index (χ2v) is 22.4. The van der Waals surface area contributed by atoms with Crippen molar-refractivity contribution in [1.29, 1.82) is 0 Å². The third kappa shape index (κ3) is 40.5. The van der Waals surface area contributed by atoms with Gasteiger partial charge in [-0.25, -0.2) is 0 Å². The molecule has 0 saturated heterocycles. The Labute approximate surface area is 426 Å². The minimum absolute atomic E-state index is 0.410. The molecular weight excluding hydrogens is 835 g/mol. The molecule has 1 saturated carbocycles. The van der Waals surface area contributed by atoms with Crippen molar-refractivity contribution in [3.05, 3.63) is 0 Å². The van der Waals surface area contributed by atoms with Crippen LogP contribution < -0.4 is 0 Å². The van der Waals surface area contributed by atoms with Crippen molar-refractivity contribution in [2.24, 2.45) is 0 Å². The monoisotopic (exact) mass is 958 g/mol. The number of carbonyl (C=O) groups is 2. The maximum absolute atomic E-state index is 13.5. The standard InChI is InChI=1S/C62H123N3O3/c1-5-9-13-17-21-25-35-43-55-64(56-44-36-26-22-18-14-10-6-2)60(66)48-39-31-29-33-41-53-63(59-52-62(68)50-47-51-62)54-42-34-30-32-40-49-61(67)65(57-45-37-27-23-19-15-11-7-3)58-46-38-28-24-20-16-12-8-4/h68H,5-59H2,1-4H3. The highest BCUT2D eigenvalue weighted by atomic mass is 16.3. The molecule has 0 aliphatic heterocycles. The number of nitrogens with zero attached hydrogens (tertiary/aromatic N) is 3. The van der Waals surface area contributed by atoms with E-state index < -0.39 is 5.60 Å². The number of unbranched alkanes of at least 4 members (excludes halogenated alkanes) is 36. The lowest BCUT2D eigenvalue weighted by Gasteiger charge is -2.38. The van der Waals surface area contributed by atoms with Crippen LogP contribution in [0, 0.1) is 0 Å². The number of aliphatic hydroxyl groups is 1. The van der Waals surface area contributed by atoms with Gasteiger partial charge in [-0.3, -0.25) is 9.59 Å². The molecule has 6 nitrogen and oxygen atoms in total. The predicted octanol–water partition coefficient (Wildman–Crippen LogP) is 18.5. The van der Waals surface area contributed by atoms with Crippen molar-refractivity contribution in [1.82, 2.24) is 14.7 Å². The van der Waals surface area contributed by atoms with E-state index in [0.717, 1.165) is 104 Å². The molecule has 0 bridgehead atoms. The highest BCUT2D eigenvalue weighted by Crippen LogP contribution is 2.34. The summed E-state index contributed by atoms with van der Waals surface area (Å²) in [5.74, 6) is 0.820. The van der Waals surface area contributed by atoms with Gasteiger partial charge in [-0.15, -0.1) is 0 Å². The average molecular weight is 959 g/mol. The number of amides is 2. The van der Waals surface area contributed by atoms with Crippen molar-refractivity contribution in [2.75, 3.05) is 45.8 Å². The lowest BCUT2D eigenvalue weighted by Crippen LogP contribution is -2.41. The van der Waals surface area contributed by atoms with Crippen LogP contribution in [0.15, 0.2) is 0 Å². The van der Waals surface area contributed by atoms with Crippen molar-refractivity contribution in [2.45, 2.75) is 341 Å². The molecule has 1 aliphatic carbocycles. The van der Waals surface area contributed by atoms with Gasteiger partial charge in [0.05, 0.1) is 5.60 Å². The van der Waals surface area contributed by atoms with Crippen molar-refractivity contribution < 1.29 is 14.7 Å². The molecule has 0 aromatic heterocycles. The summed E-state index contributed by atoms with van der Waals surface area (Å²) in [6, 6.07) is 0. The van der Waals surface area contributed by atoms with E-state index in [4.69, 9.17) is 0 Å². The Hall–Kier alpha value is -1.14. The van der Waals surface area contributed by atoms with Gasteiger partial charge in [-0.1, -0.05) is 246 Å². The highest BCUT2D eigenvalue weighted by molar-refractivity contribution is 5.76. The molecule has 0 aromatic carbocycles. The maximum atomic E-state index is 13.5. The zero-order valence-electron chi connectivity index (χ0n) is 47.0. The van der Waals surface area contributed by atoms with Gasteiger partial charge >= 0.3 is 0 Å². The Balaban J connectivity index is 2.43. The first-order valence-corrected chi connectivity index (χ1v) is 31.4. The quantitative estimate of drug-likeness (QED) is 0.0617. The van der Waals surface area contributed by atoms with E-state index in [1.165, 1.54) is 250 Å². The van der Waals surface area contributed by atoms with Gasteiger partial charge in [0.25, 0.3) is 0 Å². The molecule has 0 heterocycles. The second-order valence-electron chi connectivity index (χ2n) is 22.4. The van der Waals surface area contributed by atoms with Gasteiger partial charge in [0.2, 0.25) is 11.8 Å². The summed E-state index contributed by atoms with van der Waals surface area (Å²) < 4.78 is 0. The molecule has 1 N–H and O–H groups in total. The normalized spacial score (nSPS) is 13.4. The van der Waals surface area contributed by atoms with Gasteiger partial charge in [-0.05, 0) is 90.1 Å². The summed E-state index contributed by atoms with van der Waals surface area (Å²) in [6.45, 7) is 16.3. The van der Waals surface area contributed by atoms with Crippen LogP contribution in [0.4, 0.5) is 0 Å². The molecule has 6 heteroatoms. The molecule has 0 spiro atoms. The Kier molecular flexibility index (Phi) is 47.2.